The number of esters is 1. The van der Waals surface area contributed by atoms with Gasteiger partial charge in [-0.1, -0.05) is 18.1 Å². The summed E-state index contributed by atoms with van der Waals surface area (Å²) in [5.41, 5.74) is -0.523. The molecule has 6 nitrogen and oxygen atoms in total. The molecule has 0 saturated heterocycles. The largest absolute Gasteiger partial charge is 0.464 e. The summed E-state index contributed by atoms with van der Waals surface area (Å²) in [6, 6.07) is 0. The van der Waals surface area contributed by atoms with Crippen LogP contribution in [0.15, 0.2) is 6.20 Å². The fraction of sp³-hybridized carbons (Fsp3) is 0.700. The second-order valence-corrected chi connectivity index (χ2v) is 4.22. The number of aliphatic hydroxyl groups is 1. The van der Waals surface area contributed by atoms with E-state index in [0.29, 0.717) is 6.54 Å². The molecule has 0 amide bonds. The van der Waals surface area contributed by atoms with Crippen LogP contribution in [0.2, 0.25) is 0 Å². The molecule has 1 aliphatic rings. The van der Waals surface area contributed by atoms with Gasteiger partial charge in [0.25, 0.3) is 0 Å². The van der Waals surface area contributed by atoms with Gasteiger partial charge in [0.15, 0.2) is 5.69 Å². The number of rotatable bonds is 3. The predicted octanol–water partition coefficient (Wildman–Crippen LogP) is 0.370. The molecule has 0 aromatic carbocycles. The average molecular weight is 225 g/mol. The Hall–Kier alpha value is -1.43. The molecule has 0 bridgehead atoms. The van der Waals surface area contributed by atoms with Crippen LogP contribution in [0.1, 0.15) is 36.2 Å². The Labute approximate surface area is 93.2 Å². The standard InChI is InChI=1S/C10H15N3O3/c1-16-9(14)8-6-13(12-11-8)7-10(15)4-2-3-5-10/h6,15H,2-5,7H2,1H3. The van der Waals surface area contributed by atoms with Crippen LogP contribution < -0.4 is 0 Å². The predicted molar refractivity (Wildman–Crippen MR) is 54.8 cm³/mol. The van der Waals surface area contributed by atoms with Gasteiger partial charge >= 0.3 is 5.97 Å². The van der Waals surface area contributed by atoms with E-state index >= 15 is 0 Å². The van der Waals surface area contributed by atoms with Crippen LogP contribution in [0.25, 0.3) is 0 Å². The van der Waals surface area contributed by atoms with Crippen molar-refractivity contribution in [3.63, 3.8) is 0 Å². The van der Waals surface area contributed by atoms with Crippen LogP contribution in [0, 0.1) is 0 Å². The topological polar surface area (TPSA) is 77.2 Å². The van der Waals surface area contributed by atoms with E-state index in [1.54, 1.807) is 0 Å². The zero-order valence-corrected chi connectivity index (χ0v) is 9.22. The molecule has 1 fully saturated rings. The van der Waals surface area contributed by atoms with Crippen molar-refractivity contribution in [3.05, 3.63) is 11.9 Å². The highest BCUT2D eigenvalue weighted by molar-refractivity contribution is 5.86. The van der Waals surface area contributed by atoms with Gasteiger partial charge in [-0.15, -0.1) is 5.10 Å². The lowest BCUT2D eigenvalue weighted by Crippen LogP contribution is -2.30. The van der Waals surface area contributed by atoms with E-state index in [1.807, 2.05) is 0 Å². The minimum atomic E-state index is -0.693. The molecule has 1 aromatic heterocycles. The maximum atomic E-state index is 11.1. The summed E-state index contributed by atoms with van der Waals surface area (Å²) in [5, 5.41) is 17.6. The molecule has 0 radical (unpaired) electrons. The van der Waals surface area contributed by atoms with Crippen LogP contribution in [0.5, 0.6) is 0 Å². The first-order chi connectivity index (χ1) is 7.63. The van der Waals surface area contributed by atoms with Gasteiger partial charge in [-0.3, -0.25) is 0 Å². The highest BCUT2D eigenvalue weighted by Gasteiger charge is 2.32. The first-order valence-electron chi connectivity index (χ1n) is 5.34. The summed E-state index contributed by atoms with van der Waals surface area (Å²) in [6.45, 7) is 0.386. The third-order valence-electron chi connectivity index (χ3n) is 2.92. The highest BCUT2D eigenvalue weighted by atomic mass is 16.5. The van der Waals surface area contributed by atoms with Crippen molar-refractivity contribution in [3.8, 4) is 0 Å². The molecule has 0 aliphatic heterocycles. The molecule has 88 valence electrons. The molecule has 16 heavy (non-hydrogen) atoms. The Bertz CT molecular complexity index is 382. The molecule has 2 rings (SSSR count). The molecule has 0 spiro atoms. The quantitative estimate of drug-likeness (QED) is 0.752. The van der Waals surface area contributed by atoms with Crippen molar-refractivity contribution >= 4 is 5.97 Å². The summed E-state index contributed by atoms with van der Waals surface area (Å²) < 4.78 is 6.03. The first kappa shape index (κ1) is 11.1. The van der Waals surface area contributed by atoms with Gasteiger partial charge < -0.3 is 9.84 Å². The lowest BCUT2D eigenvalue weighted by molar-refractivity contribution is 0.0259. The van der Waals surface area contributed by atoms with Gasteiger partial charge in [-0.25, -0.2) is 9.48 Å². The molecular weight excluding hydrogens is 210 g/mol. The van der Waals surface area contributed by atoms with E-state index in [4.69, 9.17) is 0 Å². The second-order valence-electron chi connectivity index (χ2n) is 4.22. The van der Waals surface area contributed by atoms with Gasteiger partial charge in [0.2, 0.25) is 0 Å². The minimum Gasteiger partial charge on any atom is -0.464 e. The normalized spacial score (nSPS) is 18.6. The average Bonchev–Trinajstić information content (AvgIpc) is 2.87. The van der Waals surface area contributed by atoms with Crippen LogP contribution >= 0.6 is 0 Å². The monoisotopic (exact) mass is 225 g/mol. The number of nitrogens with zero attached hydrogens (tertiary/aromatic N) is 3. The molecule has 6 heteroatoms. The van der Waals surface area contributed by atoms with Gasteiger partial charge in [0.1, 0.15) is 0 Å². The zero-order chi connectivity index (χ0) is 11.6. The van der Waals surface area contributed by atoms with Crippen LogP contribution in [0.4, 0.5) is 0 Å². The van der Waals surface area contributed by atoms with Gasteiger partial charge in [0, 0.05) is 0 Å². The zero-order valence-electron chi connectivity index (χ0n) is 9.22. The summed E-state index contributed by atoms with van der Waals surface area (Å²) in [6.07, 6.45) is 5.13. The molecule has 1 heterocycles. The highest BCUT2D eigenvalue weighted by Crippen LogP contribution is 2.30. The first-order valence-corrected chi connectivity index (χ1v) is 5.34. The number of ether oxygens (including phenoxy) is 1. The fourth-order valence-corrected chi connectivity index (χ4v) is 2.07. The van der Waals surface area contributed by atoms with Crippen LogP contribution in [-0.4, -0.2) is 38.8 Å². The van der Waals surface area contributed by atoms with E-state index in [1.165, 1.54) is 18.0 Å². The SMILES string of the molecule is COC(=O)c1cn(CC2(O)CCCC2)nn1. The third-order valence-corrected chi connectivity index (χ3v) is 2.92. The van der Waals surface area contributed by atoms with Crippen molar-refractivity contribution in [1.29, 1.82) is 0 Å². The number of hydrogen-bond donors (Lipinski definition) is 1. The Balaban J connectivity index is 2.05. The van der Waals surface area contributed by atoms with Crippen LogP contribution in [0.3, 0.4) is 0 Å². The molecule has 1 N–H and O–H groups in total. The van der Waals surface area contributed by atoms with Crippen LogP contribution in [-0.2, 0) is 11.3 Å². The van der Waals surface area contributed by atoms with Crippen molar-refractivity contribution < 1.29 is 14.6 Å². The lowest BCUT2D eigenvalue weighted by atomic mass is 10.0. The number of hydrogen-bond acceptors (Lipinski definition) is 5. The molecule has 0 atom stereocenters. The number of methoxy groups -OCH3 is 1. The molecule has 1 aliphatic carbocycles. The maximum Gasteiger partial charge on any atom is 0.360 e. The second kappa shape index (κ2) is 4.21. The van der Waals surface area contributed by atoms with E-state index < -0.39 is 11.6 Å². The summed E-state index contributed by atoms with van der Waals surface area (Å²) in [5.74, 6) is -0.510. The summed E-state index contributed by atoms with van der Waals surface area (Å²) in [4.78, 5) is 11.1. The van der Waals surface area contributed by atoms with Crippen molar-refractivity contribution in [2.75, 3.05) is 7.11 Å². The van der Waals surface area contributed by atoms with Gasteiger partial charge in [-0.2, -0.15) is 0 Å². The number of carbonyl (C=O) groups excluding carboxylic acids is 1. The summed E-state index contributed by atoms with van der Waals surface area (Å²) in [7, 11) is 1.30. The molecular formula is C10H15N3O3. The van der Waals surface area contributed by atoms with E-state index in [9.17, 15) is 9.90 Å². The Morgan fingerprint density at radius 2 is 2.31 bits per heavy atom. The van der Waals surface area contributed by atoms with Gasteiger partial charge in [-0.05, 0) is 12.8 Å². The Kier molecular flexibility index (Phi) is 2.91. The maximum absolute atomic E-state index is 11.1. The Morgan fingerprint density at radius 3 is 2.94 bits per heavy atom. The molecule has 1 aromatic rings. The molecule has 1 saturated carbocycles. The van der Waals surface area contributed by atoms with Crippen molar-refractivity contribution in [2.24, 2.45) is 0 Å². The number of carbonyl (C=O) groups is 1. The fourth-order valence-electron chi connectivity index (χ4n) is 2.07. The minimum absolute atomic E-state index is 0.170. The molecule has 0 unspecified atom stereocenters. The van der Waals surface area contributed by atoms with Crippen molar-refractivity contribution in [1.82, 2.24) is 15.0 Å². The van der Waals surface area contributed by atoms with E-state index in [2.05, 4.69) is 15.0 Å². The summed E-state index contributed by atoms with van der Waals surface area (Å²) >= 11 is 0. The smallest absolute Gasteiger partial charge is 0.360 e. The third kappa shape index (κ3) is 2.21. The van der Waals surface area contributed by atoms with Crippen molar-refractivity contribution in [2.45, 2.75) is 37.8 Å². The van der Waals surface area contributed by atoms with E-state index in [0.717, 1.165) is 25.7 Å². The van der Waals surface area contributed by atoms with Gasteiger partial charge in [0.05, 0.1) is 25.5 Å². The number of aromatic nitrogens is 3. The lowest BCUT2D eigenvalue weighted by Gasteiger charge is -2.20. The Morgan fingerprint density at radius 1 is 1.62 bits per heavy atom. The van der Waals surface area contributed by atoms with E-state index in [-0.39, 0.29) is 5.69 Å².